The van der Waals surface area contributed by atoms with Gasteiger partial charge in [-0.25, -0.2) is 0 Å². The van der Waals surface area contributed by atoms with Gasteiger partial charge < -0.3 is 10.1 Å². The van der Waals surface area contributed by atoms with E-state index in [2.05, 4.69) is 33.0 Å². The molecule has 0 aliphatic heterocycles. The van der Waals surface area contributed by atoms with Crippen molar-refractivity contribution in [1.29, 1.82) is 0 Å². The summed E-state index contributed by atoms with van der Waals surface area (Å²) in [6.07, 6.45) is 7.14. The Morgan fingerprint density at radius 2 is 1.73 bits per heavy atom. The van der Waals surface area contributed by atoms with E-state index in [0.717, 1.165) is 6.04 Å². The van der Waals surface area contributed by atoms with Gasteiger partial charge in [0.25, 0.3) is 0 Å². The van der Waals surface area contributed by atoms with Crippen LogP contribution in [0.3, 0.4) is 0 Å². The van der Waals surface area contributed by atoms with E-state index in [-0.39, 0.29) is 0 Å². The van der Waals surface area contributed by atoms with Crippen LogP contribution in [0.25, 0.3) is 0 Å². The zero-order chi connectivity index (χ0) is 11.3. The summed E-state index contributed by atoms with van der Waals surface area (Å²) in [5.41, 5.74) is 0. The summed E-state index contributed by atoms with van der Waals surface area (Å²) in [6.45, 7) is 8.77. The first-order valence-electron chi connectivity index (χ1n) is 6.53. The Kier molecular flexibility index (Phi) is 5.62. The summed E-state index contributed by atoms with van der Waals surface area (Å²) < 4.78 is 5.84. The second-order valence-electron chi connectivity index (χ2n) is 5.13. The van der Waals surface area contributed by atoms with Gasteiger partial charge in [-0.15, -0.1) is 0 Å². The minimum atomic E-state index is 0.383. The van der Waals surface area contributed by atoms with E-state index in [1.54, 1.807) is 0 Å². The van der Waals surface area contributed by atoms with Crippen molar-refractivity contribution in [2.75, 3.05) is 0 Å². The Labute approximate surface area is 94.8 Å². The summed E-state index contributed by atoms with van der Waals surface area (Å²) in [7, 11) is 0. The molecule has 0 saturated heterocycles. The van der Waals surface area contributed by atoms with E-state index in [4.69, 9.17) is 4.74 Å². The Hall–Kier alpha value is -0.0800. The molecule has 0 aromatic rings. The standard InChI is InChI=1S/C13H27NO/c1-5-11(4)14-12-6-8-13(9-7-12)15-10(2)3/h10-14H,5-9H2,1-4H3. The van der Waals surface area contributed by atoms with E-state index >= 15 is 0 Å². The molecule has 15 heavy (non-hydrogen) atoms. The van der Waals surface area contributed by atoms with Crippen LogP contribution >= 0.6 is 0 Å². The summed E-state index contributed by atoms with van der Waals surface area (Å²) in [4.78, 5) is 0. The first-order valence-corrected chi connectivity index (χ1v) is 6.53. The minimum absolute atomic E-state index is 0.383. The molecule has 2 nitrogen and oxygen atoms in total. The van der Waals surface area contributed by atoms with Crippen LogP contribution in [0.4, 0.5) is 0 Å². The molecule has 1 aliphatic carbocycles. The van der Waals surface area contributed by atoms with Crippen LogP contribution in [0.15, 0.2) is 0 Å². The van der Waals surface area contributed by atoms with E-state index in [1.807, 2.05) is 0 Å². The van der Waals surface area contributed by atoms with Gasteiger partial charge in [-0.2, -0.15) is 0 Å². The molecule has 1 saturated carbocycles. The van der Waals surface area contributed by atoms with Crippen molar-refractivity contribution in [3.63, 3.8) is 0 Å². The van der Waals surface area contributed by atoms with Gasteiger partial charge in [-0.3, -0.25) is 0 Å². The lowest BCUT2D eigenvalue weighted by atomic mass is 9.92. The fourth-order valence-corrected chi connectivity index (χ4v) is 2.27. The van der Waals surface area contributed by atoms with Crippen LogP contribution in [-0.2, 0) is 4.74 Å². The Bertz CT molecular complexity index is 162. The van der Waals surface area contributed by atoms with E-state index in [0.29, 0.717) is 18.2 Å². The van der Waals surface area contributed by atoms with Crippen LogP contribution in [0.1, 0.15) is 59.8 Å². The monoisotopic (exact) mass is 213 g/mol. The van der Waals surface area contributed by atoms with Gasteiger partial charge in [0.1, 0.15) is 0 Å². The molecule has 0 aromatic carbocycles. The fourth-order valence-electron chi connectivity index (χ4n) is 2.27. The molecule has 0 spiro atoms. The largest absolute Gasteiger partial charge is 0.376 e. The number of ether oxygens (including phenoxy) is 1. The molecule has 1 fully saturated rings. The quantitative estimate of drug-likeness (QED) is 0.757. The highest BCUT2D eigenvalue weighted by Gasteiger charge is 2.22. The second kappa shape index (κ2) is 6.49. The molecule has 0 radical (unpaired) electrons. The Morgan fingerprint density at radius 1 is 1.13 bits per heavy atom. The molecule has 90 valence electrons. The molecule has 1 aliphatic rings. The van der Waals surface area contributed by atoms with Crippen molar-refractivity contribution in [3.8, 4) is 0 Å². The molecule has 1 atom stereocenters. The predicted molar refractivity (Wildman–Crippen MR) is 65.2 cm³/mol. The van der Waals surface area contributed by atoms with Crippen LogP contribution in [-0.4, -0.2) is 24.3 Å². The first kappa shape index (κ1) is 13.0. The third-order valence-corrected chi connectivity index (χ3v) is 3.27. The number of hydrogen-bond acceptors (Lipinski definition) is 2. The summed E-state index contributed by atoms with van der Waals surface area (Å²) in [5, 5.41) is 3.69. The van der Waals surface area contributed by atoms with Gasteiger partial charge in [0.2, 0.25) is 0 Å². The van der Waals surface area contributed by atoms with Crippen molar-refractivity contribution in [2.45, 2.75) is 84.1 Å². The summed E-state index contributed by atoms with van der Waals surface area (Å²) in [5.74, 6) is 0. The topological polar surface area (TPSA) is 21.3 Å². The van der Waals surface area contributed by atoms with Gasteiger partial charge in [0, 0.05) is 12.1 Å². The average molecular weight is 213 g/mol. The summed E-state index contributed by atoms with van der Waals surface area (Å²) >= 11 is 0. The number of rotatable bonds is 5. The molecule has 0 bridgehead atoms. The zero-order valence-electron chi connectivity index (χ0n) is 10.8. The Morgan fingerprint density at radius 3 is 2.20 bits per heavy atom. The maximum Gasteiger partial charge on any atom is 0.0579 e. The van der Waals surface area contributed by atoms with Gasteiger partial charge >= 0.3 is 0 Å². The molecule has 0 heterocycles. The van der Waals surface area contributed by atoms with Crippen LogP contribution in [0.5, 0.6) is 0 Å². The normalized spacial score (nSPS) is 29.4. The molecule has 1 N–H and O–H groups in total. The van der Waals surface area contributed by atoms with E-state index in [1.165, 1.54) is 32.1 Å². The number of hydrogen-bond donors (Lipinski definition) is 1. The average Bonchev–Trinajstić information content (AvgIpc) is 2.20. The van der Waals surface area contributed by atoms with Crippen LogP contribution in [0.2, 0.25) is 0 Å². The van der Waals surface area contributed by atoms with Crippen molar-refractivity contribution in [2.24, 2.45) is 0 Å². The molecule has 0 aromatic heterocycles. The van der Waals surface area contributed by atoms with E-state index in [9.17, 15) is 0 Å². The SMILES string of the molecule is CCC(C)NC1CCC(OC(C)C)CC1. The molecule has 1 unspecified atom stereocenters. The Balaban J connectivity index is 2.18. The van der Waals surface area contributed by atoms with Crippen molar-refractivity contribution in [1.82, 2.24) is 5.32 Å². The summed E-state index contributed by atoms with van der Waals surface area (Å²) in [6, 6.07) is 1.39. The molecule has 1 rings (SSSR count). The molecule has 2 heteroatoms. The van der Waals surface area contributed by atoms with Gasteiger partial charge in [-0.1, -0.05) is 6.92 Å². The third kappa shape index (κ3) is 4.98. The first-order chi connectivity index (χ1) is 7.11. The molecule has 0 amide bonds. The smallest absolute Gasteiger partial charge is 0.0579 e. The lowest BCUT2D eigenvalue weighted by Crippen LogP contribution is -2.40. The van der Waals surface area contributed by atoms with Crippen LogP contribution in [0, 0.1) is 0 Å². The fraction of sp³-hybridized carbons (Fsp3) is 1.00. The maximum atomic E-state index is 5.84. The predicted octanol–water partition coefficient (Wildman–Crippen LogP) is 3.11. The van der Waals surface area contributed by atoms with E-state index < -0.39 is 0 Å². The van der Waals surface area contributed by atoms with Crippen LogP contribution < -0.4 is 5.32 Å². The van der Waals surface area contributed by atoms with Gasteiger partial charge in [0.15, 0.2) is 0 Å². The number of nitrogens with one attached hydrogen (secondary N) is 1. The minimum Gasteiger partial charge on any atom is -0.376 e. The lowest BCUT2D eigenvalue weighted by Gasteiger charge is -2.31. The highest BCUT2D eigenvalue weighted by molar-refractivity contribution is 4.79. The highest BCUT2D eigenvalue weighted by atomic mass is 16.5. The zero-order valence-corrected chi connectivity index (χ0v) is 10.8. The highest BCUT2D eigenvalue weighted by Crippen LogP contribution is 2.22. The maximum absolute atomic E-state index is 5.84. The van der Waals surface area contributed by atoms with Gasteiger partial charge in [0.05, 0.1) is 12.2 Å². The third-order valence-electron chi connectivity index (χ3n) is 3.27. The molecular formula is C13H27NO. The second-order valence-corrected chi connectivity index (χ2v) is 5.13. The van der Waals surface area contributed by atoms with Crippen molar-refractivity contribution in [3.05, 3.63) is 0 Å². The lowest BCUT2D eigenvalue weighted by molar-refractivity contribution is -0.0166. The molecular weight excluding hydrogens is 186 g/mol. The van der Waals surface area contributed by atoms with Gasteiger partial charge in [-0.05, 0) is 52.9 Å². The van der Waals surface area contributed by atoms with Crippen molar-refractivity contribution >= 4 is 0 Å². The van der Waals surface area contributed by atoms with Crippen molar-refractivity contribution < 1.29 is 4.74 Å².